The summed E-state index contributed by atoms with van der Waals surface area (Å²) in [5, 5.41) is 0. The molecule has 7 heteroatoms. The van der Waals surface area contributed by atoms with Gasteiger partial charge < -0.3 is 0 Å². The van der Waals surface area contributed by atoms with Gasteiger partial charge in [0.2, 0.25) is 9.84 Å². The molecule has 0 radical (unpaired) electrons. The number of anilines is 1. The van der Waals surface area contributed by atoms with Crippen LogP contribution < -0.4 is 5.43 Å². The Balaban J connectivity index is 2.50. The standard InChI is InChI=1S/C13H14F2N2O2S/c1-9-7-8-10(2)17(9)16-11-5-3-4-6-12(11)20(18,19)13(14)15/h3-8,13,16H,1-2H3. The Morgan fingerprint density at radius 2 is 1.60 bits per heavy atom. The van der Waals surface area contributed by atoms with Crippen LogP contribution in [0.1, 0.15) is 11.4 Å². The SMILES string of the molecule is Cc1ccc(C)n1Nc1ccccc1S(=O)(=O)C(F)F. The van der Waals surface area contributed by atoms with Gasteiger partial charge in [0.15, 0.2) is 0 Å². The second kappa shape index (κ2) is 5.24. The van der Waals surface area contributed by atoms with Gasteiger partial charge in [-0.15, -0.1) is 0 Å². The van der Waals surface area contributed by atoms with Gasteiger partial charge in [0.05, 0.1) is 10.6 Å². The average Bonchev–Trinajstić information content (AvgIpc) is 2.71. The largest absolute Gasteiger partial charge is 0.341 e. The van der Waals surface area contributed by atoms with Gasteiger partial charge in [-0.3, -0.25) is 10.1 Å². The summed E-state index contributed by atoms with van der Waals surface area (Å²) >= 11 is 0. The summed E-state index contributed by atoms with van der Waals surface area (Å²) in [6.45, 7) is 3.65. The van der Waals surface area contributed by atoms with Crippen molar-refractivity contribution in [3.8, 4) is 0 Å². The number of benzene rings is 1. The molecule has 108 valence electrons. The molecular formula is C13H14F2N2O2S. The van der Waals surface area contributed by atoms with Crippen LogP contribution in [0.4, 0.5) is 14.5 Å². The highest BCUT2D eigenvalue weighted by Gasteiger charge is 2.29. The van der Waals surface area contributed by atoms with Crippen LogP contribution in [0.25, 0.3) is 0 Å². The van der Waals surface area contributed by atoms with E-state index in [1.165, 1.54) is 12.1 Å². The van der Waals surface area contributed by atoms with E-state index in [2.05, 4.69) is 5.43 Å². The Morgan fingerprint density at radius 3 is 2.15 bits per heavy atom. The van der Waals surface area contributed by atoms with Gasteiger partial charge >= 0.3 is 5.76 Å². The minimum absolute atomic E-state index is 0.121. The first-order chi connectivity index (χ1) is 9.34. The molecule has 1 aromatic carbocycles. The predicted octanol–water partition coefficient (Wildman–Crippen LogP) is 2.98. The first-order valence-electron chi connectivity index (χ1n) is 5.87. The fourth-order valence-electron chi connectivity index (χ4n) is 1.87. The van der Waals surface area contributed by atoms with Crippen molar-refractivity contribution in [2.45, 2.75) is 24.5 Å². The Hall–Kier alpha value is -1.89. The molecule has 0 amide bonds. The van der Waals surface area contributed by atoms with Crippen molar-refractivity contribution in [1.29, 1.82) is 0 Å². The quantitative estimate of drug-likeness (QED) is 0.944. The third-order valence-corrected chi connectivity index (χ3v) is 4.37. The van der Waals surface area contributed by atoms with E-state index in [4.69, 9.17) is 0 Å². The van der Waals surface area contributed by atoms with E-state index in [0.717, 1.165) is 17.5 Å². The van der Waals surface area contributed by atoms with Gasteiger partial charge in [0, 0.05) is 11.4 Å². The van der Waals surface area contributed by atoms with Gasteiger partial charge in [0.25, 0.3) is 0 Å². The second-order valence-corrected chi connectivity index (χ2v) is 6.25. The molecule has 0 bridgehead atoms. The number of nitrogens with zero attached hydrogens (tertiary/aromatic N) is 1. The van der Waals surface area contributed by atoms with E-state index in [0.29, 0.717) is 0 Å². The zero-order chi connectivity index (χ0) is 14.9. The smallest absolute Gasteiger partial charge is 0.293 e. The maximum atomic E-state index is 12.7. The lowest BCUT2D eigenvalue weighted by atomic mass is 10.3. The van der Waals surface area contributed by atoms with E-state index < -0.39 is 20.5 Å². The summed E-state index contributed by atoms with van der Waals surface area (Å²) in [5.41, 5.74) is 4.65. The van der Waals surface area contributed by atoms with Gasteiger partial charge in [-0.05, 0) is 38.1 Å². The zero-order valence-corrected chi connectivity index (χ0v) is 11.8. The van der Waals surface area contributed by atoms with Crippen molar-refractivity contribution in [3.63, 3.8) is 0 Å². The number of sulfone groups is 1. The van der Waals surface area contributed by atoms with Gasteiger partial charge in [0.1, 0.15) is 0 Å². The van der Waals surface area contributed by atoms with Crippen LogP contribution in [0.2, 0.25) is 0 Å². The molecule has 0 aliphatic rings. The number of halogens is 2. The average molecular weight is 300 g/mol. The van der Waals surface area contributed by atoms with Crippen LogP contribution in [0, 0.1) is 13.8 Å². The van der Waals surface area contributed by atoms with Crippen molar-refractivity contribution < 1.29 is 17.2 Å². The lowest BCUT2D eigenvalue weighted by Gasteiger charge is -2.16. The summed E-state index contributed by atoms with van der Waals surface area (Å²) in [6.07, 6.45) is 0. The summed E-state index contributed by atoms with van der Waals surface area (Å²) in [5.74, 6) is -3.45. The monoisotopic (exact) mass is 300 g/mol. The molecule has 0 fully saturated rings. The molecule has 0 saturated carbocycles. The van der Waals surface area contributed by atoms with Gasteiger partial charge in [-0.1, -0.05) is 12.1 Å². The minimum Gasteiger partial charge on any atom is -0.293 e. The fraction of sp³-hybridized carbons (Fsp3) is 0.231. The molecule has 4 nitrogen and oxygen atoms in total. The summed E-state index contributed by atoms with van der Waals surface area (Å²) in [7, 11) is -4.65. The molecule has 1 N–H and O–H groups in total. The predicted molar refractivity (Wildman–Crippen MR) is 72.6 cm³/mol. The Bertz CT molecular complexity index is 704. The molecule has 1 heterocycles. The van der Waals surface area contributed by atoms with Crippen LogP contribution in [0.3, 0.4) is 0 Å². The molecule has 0 aliphatic carbocycles. The van der Waals surface area contributed by atoms with Crippen LogP contribution in [-0.4, -0.2) is 18.9 Å². The first kappa shape index (κ1) is 14.5. The molecule has 2 rings (SSSR count). The highest BCUT2D eigenvalue weighted by molar-refractivity contribution is 7.91. The Kier molecular flexibility index (Phi) is 3.80. The van der Waals surface area contributed by atoms with E-state index in [9.17, 15) is 17.2 Å². The second-order valence-electron chi connectivity index (χ2n) is 4.37. The molecule has 0 saturated heterocycles. The highest BCUT2D eigenvalue weighted by Crippen LogP contribution is 2.26. The fourth-order valence-corrected chi connectivity index (χ4v) is 2.75. The third-order valence-electron chi connectivity index (χ3n) is 2.93. The van der Waals surface area contributed by atoms with E-state index >= 15 is 0 Å². The molecule has 0 atom stereocenters. The van der Waals surface area contributed by atoms with Crippen LogP contribution in [0.5, 0.6) is 0 Å². The number of hydrogen-bond donors (Lipinski definition) is 1. The van der Waals surface area contributed by atoms with E-state index in [-0.39, 0.29) is 5.69 Å². The Labute approximate surface area is 115 Å². The normalized spacial score (nSPS) is 11.8. The van der Waals surface area contributed by atoms with Crippen LogP contribution in [0.15, 0.2) is 41.3 Å². The molecule has 0 unspecified atom stereocenters. The number of para-hydroxylation sites is 1. The van der Waals surface area contributed by atoms with E-state index in [1.54, 1.807) is 10.7 Å². The summed E-state index contributed by atoms with van der Waals surface area (Å²) < 4.78 is 50.3. The topological polar surface area (TPSA) is 51.1 Å². The van der Waals surface area contributed by atoms with Crippen molar-refractivity contribution in [3.05, 3.63) is 47.8 Å². The first-order valence-corrected chi connectivity index (χ1v) is 7.41. The van der Waals surface area contributed by atoms with Crippen molar-refractivity contribution in [1.82, 2.24) is 4.68 Å². The van der Waals surface area contributed by atoms with E-state index in [1.807, 2.05) is 26.0 Å². The Morgan fingerprint density at radius 1 is 1.05 bits per heavy atom. The number of rotatable bonds is 4. The lowest BCUT2D eigenvalue weighted by Crippen LogP contribution is -2.18. The molecule has 2 aromatic rings. The van der Waals surface area contributed by atoms with Crippen LogP contribution >= 0.6 is 0 Å². The molecule has 20 heavy (non-hydrogen) atoms. The maximum absolute atomic E-state index is 12.7. The number of nitrogens with one attached hydrogen (secondary N) is 1. The number of hydrogen-bond acceptors (Lipinski definition) is 3. The lowest BCUT2D eigenvalue weighted by molar-refractivity contribution is 0.235. The van der Waals surface area contributed by atoms with Crippen LogP contribution in [-0.2, 0) is 9.84 Å². The van der Waals surface area contributed by atoms with Gasteiger partial charge in [-0.2, -0.15) is 8.78 Å². The number of aromatic nitrogens is 1. The minimum atomic E-state index is -4.65. The molecule has 0 aliphatic heterocycles. The maximum Gasteiger partial charge on any atom is 0.341 e. The van der Waals surface area contributed by atoms with Crippen molar-refractivity contribution in [2.24, 2.45) is 0 Å². The summed E-state index contributed by atoms with van der Waals surface area (Å²) in [6, 6.07) is 9.29. The molecular weight excluding hydrogens is 286 g/mol. The van der Waals surface area contributed by atoms with Crippen molar-refractivity contribution >= 4 is 15.5 Å². The number of alkyl halides is 2. The highest BCUT2D eigenvalue weighted by atomic mass is 32.2. The number of aryl methyl sites for hydroxylation is 2. The zero-order valence-electron chi connectivity index (χ0n) is 11.0. The molecule has 0 spiro atoms. The van der Waals surface area contributed by atoms with Crippen molar-refractivity contribution in [2.75, 3.05) is 5.43 Å². The summed E-state index contributed by atoms with van der Waals surface area (Å²) in [4.78, 5) is -0.414. The molecule has 1 aromatic heterocycles. The third kappa shape index (κ3) is 2.53. The van der Waals surface area contributed by atoms with Gasteiger partial charge in [-0.25, -0.2) is 8.42 Å².